The van der Waals surface area contributed by atoms with Gasteiger partial charge in [-0.2, -0.15) is 0 Å². The highest BCUT2D eigenvalue weighted by atomic mass is 16.5. The first kappa shape index (κ1) is 21.5. The lowest BCUT2D eigenvalue weighted by Crippen LogP contribution is -2.40. The van der Waals surface area contributed by atoms with Crippen molar-refractivity contribution in [2.75, 3.05) is 46.9 Å². The minimum atomic E-state index is 0.385. The predicted molar refractivity (Wildman–Crippen MR) is 107 cm³/mol. The number of hydrogen-bond donors (Lipinski definition) is 2. The maximum Gasteiger partial charge on any atom is 0.191 e. The van der Waals surface area contributed by atoms with Gasteiger partial charge < -0.3 is 20.3 Å². The molecule has 1 unspecified atom stereocenters. The highest BCUT2D eigenvalue weighted by Gasteiger charge is 2.12. The first-order valence-corrected chi connectivity index (χ1v) is 9.47. The highest BCUT2D eigenvalue weighted by Crippen LogP contribution is 2.07. The van der Waals surface area contributed by atoms with Gasteiger partial charge in [-0.1, -0.05) is 30.3 Å². The first-order valence-electron chi connectivity index (χ1n) is 9.47. The van der Waals surface area contributed by atoms with E-state index in [0.29, 0.717) is 6.04 Å². The van der Waals surface area contributed by atoms with Crippen molar-refractivity contribution in [3.63, 3.8) is 0 Å². The molecule has 0 fully saturated rings. The van der Waals surface area contributed by atoms with Crippen LogP contribution in [0.25, 0.3) is 0 Å². The van der Waals surface area contributed by atoms with Crippen LogP contribution in [0.5, 0.6) is 0 Å². The average molecular weight is 349 g/mol. The fourth-order valence-corrected chi connectivity index (χ4v) is 2.52. The second kappa shape index (κ2) is 13.7. The number of likely N-dealkylation sites (N-methyl/N-ethyl adjacent to an activating group) is 1. The van der Waals surface area contributed by atoms with E-state index in [2.05, 4.69) is 66.9 Å². The normalized spacial score (nSPS) is 13.1. The molecule has 0 radical (unpaired) electrons. The van der Waals surface area contributed by atoms with Crippen molar-refractivity contribution in [2.45, 2.75) is 39.2 Å². The van der Waals surface area contributed by atoms with Gasteiger partial charge in [0, 0.05) is 32.3 Å². The Kier molecular flexibility index (Phi) is 11.7. The minimum absolute atomic E-state index is 0.385. The SMILES string of the molecule is CCNC(=NCC(Cc1ccccc1)N(C)C)NCCCCOCC. The number of nitrogens with zero attached hydrogens (tertiary/aromatic N) is 2. The van der Waals surface area contributed by atoms with Crippen LogP contribution in [0.1, 0.15) is 32.3 Å². The van der Waals surface area contributed by atoms with Crippen LogP contribution in [-0.2, 0) is 11.2 Å². The standard InChI is InChI=1S/C20H36N4O/c1-5-21-20(22-14-10-11-15-25-6-2)23-17-19(24(3)4)16-18-12-8-7-9-13-18/h7-9,12-13,19H,5-6,10-11,14-17H2,1-4H3,(H2,21,22,23). The monoisotopic (exact) mass is 348 g/mol. The van der Waals surface area contributed by atoms with E-state index in [1.807, 2.05) is 6.92 Å². The molecule has 0 saturated carbocycles. The summed E-state index contributed by atoms with van der Waals surface area (Å²) < 4.78 is 5.37. The highest BCUT2D eigenvalue weighted by molar-refractivity contribution is 5.79. The summed E-state index contributed by atoms with van der Waals surface area (Å²) in [7, 11) is 4.24. The summed E-state index contributed by atoms with van der Waals surface area (Å²) in [5, 5.41) is 6.75. The quantitative estimate of drug-likeness (QED) is 0.346. The number of ether oxygens (including phenoxy) is 1. The molecule has 1 aromatic rings. The lowest BCUT2D eigenvalue weighted by atomic mass is 10.1. The Labute approximate surface area is 153 Å². The second-order valence-electron chi connectivity index (χ2n) is 6.36. The number of guanidine groups is 1. The van der Waals surface area contributed by atoms with Gasteiger partial charge in [-0.15, -0.1) is 0 Å². The lowest BCUT2D eigenvalue weighted by molar-refractivity contribution is 0.143. The molecule has 0 amide bonds. The third-order valence-electron chi connectivity index (χ3n) is 4.06. The van der Waals surface area contributed by atoms with E-state index in [1.165, 1.54) is 5.56 Å². The molecule has 0 aliphatic rings. The molecular formula is C20H36N4O. The smallest absolute Gasteiger partial charge is 0.191 e. The van der Waals surface area contributed by atoms with Crippen molar-refractivity contribution in [1.82, 2.24) is 15.5 Å². The first-order chi connectivity index (χ1) is 12.2. The summed E-state index contributed by atoms with van der Waals surface area (Å²) in [6.45, 7) is 8.33. The maximum atomic E-state index is 5.37. The molecule has 142 valence electrons. The van der Waals surface area contributed by atoms with Gasteiger partial charge in [-0.3, -0.25) is 4.99 Å². The van der Waals surface area contributed by atoms with Crippen molar-refractivity contribution >= 4 is 5.96 Å². The van der Waals surface area contributed by atoms with Crippen LogP contribution in [0.4, 0.5) is 0 Å². The molecule has 1 atom stereocenters. The molecule has 0 aromatic heterocycles. The van der Waals surface area contributed by atoms with E-state index in [9.17, 15) is 0 Å². The molecule has 0 spiro atoms. The summed E-state index contributed by atoms with van der Waals surface area (Å²) in [5.41, 5.74) is 1.35. The summed E-state index contributed by atoms with van der Waals surface area (Å²) in [6, 6.07) is 11.0. The lowest BCUT2D eigenvalue weighted by Gasteiger charge is -2.23. The second-order valence-corrected chi connectivity index (χ2v) is 6.36. The summed E-state index contributed by atoms with van der Waals surface area (Å²) in [4.78, 5) is 7.04. The summed E-state index contributed by atoms with van der Waals surface area (Å²) >= 11 is 0. The topological polar surface area (TPSA) is 48.9 Å². The van der Waals surface area contributed by atoms with Crippen LogP contribution in [-0.4, -0.2) is 63.8 Å². The molecule has 25 heavy (non-hydrogen) atoms. The van der Waals surface area contributed by atoms with Crippen LogP contribution in [0.2, 0.25) is 0 Å². The molecule has 0 bridgehead atoms. The third kappa shape index (κ3) is 10.1. The van der Waals surface area contributed by atoms with E-state index in [0.717, 1.165) is 58.1 Å². The zero-order valence-electron chi connectivity index (χ0n) is 16.4. The third-order valence-corrected chi connectivity index (χ3v) is 4.06. The maximum absolute atomic E-state index is 5.37. The fraction of sp³-hybridized carbons (Fsp3) is 0.650. The van der Waals surface area contributed by atoms with Gasteiger partial charge in [0.25, 0.3) is 0 Å². The summed E-state index contributed by atoms with van der Waals surface area (Å²) in [5.74, 6) is 0.902. The Balaban J connectivity index is 2.48. The number of unbranched alkanes of at least 4 members (excludes halogenated alkanes) is 1. The van der Waals surface area contributed by atoms with Crippen LogP contribution in [0.15, 0.2) is 35.3 Å². The van der Waals surface area contributed by atoms with Crippen molar-refractivity contribution in [1.29, 1.82) is 0 Å². The van der Waals surface area contributed by atoms with Crippen molar-refractivity contribution in [3.05, 3.63) is 35.9 Å². The molecule has 0 saturated heterocycles. The van der Waals surface area contributed by atoms with Gasteiger partial charge in [0.15, 0.2) is 5.96 Å². The van der Waals surface area contributed by atoms with Gasteiger partial charge >= 0.3 is 0 Å². The van der Waals surface area contributed by atoms with Crippen LogP contribution < -0.4 is 10.6 Å². The van der Waals surface area contributed by atoms with E-state index < -0.39 is 0 Å². The Bertz CT molecular complexity index is 462. The van der Waals surface area contributed by atoms with Crippen molar-refractivity contribution in [3.8, 4) is 0 Å². The molecule has 1 aromatic carbocycles. The Morgan fingerprint density at radius 3 is 2.52 bits per heavy atom. The largest absolute Gasteiger partial charge is 0.382 e. The molecule has 2 N–H and O–H groups in total. The van der Waals surface area contributed by atoms with Gasteiger partial charge in [0.1, 0.15) is 0 Å². The molecule has 1 rings (SSSR count). The number of hydrogen-bond acceptors (Lipinski definition) is 3. The van der Waals surface area contributed by atoms with Crippen molar-refractivity contribution in [2.24, 2.45) is 4.99 Å². The number of nitrogens with one attached hydrogen (secondary N) is 2. The molecule has 5 nitrogen and oxygen atoms in total. The number of benzene rings is 1. The van der Waals surface area contributed by atoms with Crippen LogP contribution in [0, 0.1) is 0 Å². The van der Waals surface area contributed by atoms with Gasteiger partial charge in [-0.05, 0) is 52.8 Å². The van der Waals surface area contributed by atoms with E-state index >= 15 is 0 Å². The molecule has 0 aliphatic carbocycles. The van der Waals surface area contributed by atoms with Gasteiger partial charge in [0.05, 0.1) is 6.54 Å². The Morgan fingerprint density at radius 2 is 1.88 bits per heavy atom. The molecule has 5 heteroatoms. The van der Waals surface area contributed by atoms with Crippen molar-refractivity contribution < 1.29 is 4.74 Å². The molecule has 0 heterocycles. The zero-order chi connectivity index (χ0) is 18.3. The number of aliphatic imine (C=N–C) groups is 1. The van der Waals surface area contributed by atoms with Crippen LogP contribution >= 0.6 is 0 Å². The number of rotatable bonds is 12. The fourth-order valence-electron chi connectivity index (χ4n) is 2.52. The average Bonchev–Trinajstić information content (AvgIpc) is 2.61. The Morgan fingerprint density at radius 1 is 1.12 bits per heavy atom. The van der Waals surface area contributed by atoms with Gasteiger partial charge in [-0.25, -0.2) is 0 Å². The zero-order valence-corrected chi connectivity index (χ0v) is 16.4. The molecule has 0 aliphatic heterocycles. The molecular weight excluding hydrogens is 312 g/mol. The van der Waals surface area contributed by atoms with E-state index in [1.54, 1.807) is 0 Å². The van der Waals surface area contributed by atoms with E-state index in [-0.39, 0.29) is 0 Å². The predicted octanol–water partition coefficient (Wildman–Crippen LogP) is 2.53. The van der Waals surface area contributed by atoms with E-state index in [4.69, 9.17) is 9.73 Å². The van der Waals surface area contributed by atoms with Crippen LogP contribution in [0.3, 0.4) is 0 Å². The Hall–Kier alpha value is -1.59. The van der Waals surface area contributed by atoms with Gasteiger partial charge in [0.2, 0.25) is 0 Å². The minimum Gasteiger partial charge on any atom is -0.382 e. The summed E-state index contributed by atoms with van der Waals surface area (Å²) in [6.07, 6.45) is 3.17.